The number of aryl methyl sites for hydroxylation is 1. The fourth-order valence-corrected chi connectivity index (χ4v) is 1.64. The fraction of sp³-hybridized carbons (Fsp3) is 0.667. The van der Waals surface area contributed by atoms with Gasteiger partial charge in [0.25, 0.3) is 5.91 Å². The normalized spacial score (nSPS) is 12.3. The lowest BCUT2D eigenvalue weighted by Gasteiger charge is -2.13. The fourth-order valence-electron chi connectivity index (χ4n) is 1.64. The first-order valence-corrected chi connectivity index (χ1v) is 7.32. The summed E-state index contributed by atoms with van der Waals surface area (Å²) in [5, 5.41) is 6.09. The van der Waals surface area contributed by atoms with Crippen LogP contribution < -0.4 is 10.6 Å². The van der Waals surface area contributed by atoms with E-state index in [-0.39, 0.29) is 11.9 Å². The number of carbonyl (C=O) groups excluding carboxylic acids is 1. The van der Waals surface area contributed by atoms with Gasteiger partial charge in [-0.25, -0.2) is 9.97 Å². The first-order valence-electron chi connectivity index (χ1n) is 7.32. The maximum Gasteiger partial charge on any atom is 0.270 e. The number of hydrogen-bond donors (Lipinski definition) is 2. The summed E-state index contributed by atoms with van der Waals surface area (Å²) >= 11 is 0. The third kappa shape index (κ3) is 5.55. The van der Waals surface area contributed by atoms with Crippen LogP contribution in [-0.4, -0.2) is 28.5 Å². The Bertz CT molecular complexity index is 445. The van der Waals surface area contributed by atoms with Crippen molar-refractivity contribution in [3.05, 3.63) is 17.5 Å². The number of nitrogens with zero attached hydrogens (tertiary/aromatic N) is 2. The minimum Gasteiger partial charge on any atom is -0.352 e. The second-order valence-corrected chi connectivity index (χ2v) is 5.61. The third-order valence-corrected chi connectivity index (χ3v) is 3.08. The summed E-state index contributed by atoms with van der Waals surface area (Å²) in [6.07, 6.45) is 1.95. The average molecular weight is 278 g/mol. The van der Waals surface area contributed by atoms with E-state index in [4.69, 9.17) is 0 Å². The highest BCUT2D eigenvalue weighted by molar-refractivity contribution is 5.92. The van der Waals surface area contributed by atoms with Gasteiger partial charge in [-0.2, -0.15) is 0 Å². The van der Waals surface area contributed by atoms with Crippen LogP contribution in [0.25, 0.3) is 0 Å². The molecule has 1 unspecified atom stereocenters. The molecule has 0 fully saturated rings. The maximum atomic E-state index is 12.1. The van der Waals surface area contributed by atoms with Gasteiger partial charge in [-0.05, 0) is 38.7 Å². The Kier molecular flexibility index (Phi) is 6.42. The van der Waals surface area contributed by atoms with Crippen LogP contribution >= 0.6 is 0 Å². The second kappa shape index (κ2) is 7.82. The van der Waals surface area contributed by atoms with Gasteiger partial charge in [-0.1, -0.05) is 20.8 Å². The van der Waals surface area contributed by atoms with Gasteiger partial charge in [-0.15, -0.1) is 0 Å². The number of nitrogens with one attached hydrogen (secondary N) is 2. The van der Waals surface area contributed by atoms with Crippen molar-refractivity contribution < 1.29 is 4.79 Å². The third-order valence-electron chi connectivity index (χ3n) is 3.08. The zero-order valence-electron chi connectivity index (χ0n) is 13.2. The number of carbonyl (C=O) groups is 1. The van der Waals surface area contributed by atoms with Crippen molar-refractivity contribution in [2.45, 2.75) is 53.5 Å². The molecular weight excluding hydrogens is 252 g/mol. The molecule has 1 heterocycles. The van der Waals surface area contributed by atoms with Crippen LogP contribution in [0.4, 0.5) is 5.95 Å². The van der Waals surface area contributed by atoms with Crippen LogP contribution in [0.15, 0.2) is 6.07 Å². The summed E-state index contributed by atoms with van der Waals surface area (Å²) in [4.78, 5) is 20.7. The lowest BCUT2D eigenvalue weighted by Crippen LogP contribution is -2.27. The predicted octanol–water partition coefficient (Wildman–Crippen LogP) is 2.77. The summed E-state index contributed by atoms with van der Waals surface area (Å²) in [5.41, 5.74) is 1.21. The molecule has 0 aromatic carbocycles. The lowest BCUT2D eigenvalue weighted by atomic mass is 10.1. The molecule has 0 aliphatic heterocycles. The van der Waals surface area contributed by atoms with Crippen LogP contribution in [-0.2, 0) is 0 Å². The maximum absolute atomic E-state index is 12.1. The molecule has 5 heteroatoms. The molecule has 0 spiro atoms. The number of aromatic nitrogens is 2. The Labute approximate surface area is 121 Å². The van der Waals surface area contributed by atoms with E-state index in [0.29, 0.717) is 24.1 Å². The second-order valence-electron chi connectivity index (χ2n) is 5.61. The van der Waals surface area contributed by atoms with Crippen LogP contribution in [0.1, 0.15) is 56.7 Å². The van der Waals surface area contributed by atoms with Crippen LogP contribution in [0, 0.1) is 12.8 Å². The summed E-state index contributed by atoms with van der Waals surface area (Å²) < 4.78 is 0. The lowest BCUT2D eigenvalue weighted by molar-refractivity contribution is 0.0947. The highest BCUT2D eigenvalue weighted by Gasteiger charge is 2.11. The minimum atomic E-state index is -0.136. The molecule has 0 aliphatic rings. The Morgan fingerprint density at radius 1 is 1.30 bits per heavy atom. The first kappa shape index (κ1) is 16.4. The van der Waals surface area contributed by atoms with Gasteiger partial charge in [0.1, 0.15) is 5.69 Å². The van der Waals surface area contributed by atoms with Gasteiger partial charge >= 0.3 is 0 Å². The van der Waals surface area contributed by atoms with E-state index in [0.717, 1.165) is 18.5 Å². The largest absolute Gasteiger partial charge is 0.352 e. The summed E-state index contributed by atoms with van der Waals surface area (Å²) in [6, 6.07) is 2.00. The van der Waals surface area contributed by atoms with Crippen LogP contribution in [0.2, 0.25) is 0 Å². The van der Waals surface area contributed by atoms with Crippen molar-refractivity contribution in [2.75, 3.05) is 11.9 Å². The molecule has 1 amide bonds. The van der Waals surface area contributed by atoms with E-state index in [2.05, 4.69) is 48.3 Å². The smallest absolute Gasteiger partial charge is 0.270 e. The van der Waals surface area contributed by atoms with Gasteiger partial charge < -0.3 is 10.6 Å². The van der Waals surface area contributed by atoms with Crippen molar-refractivity contribution in [1.82, 2.24) is 15.3 Å². The topological polar surface area (TPSA) is 66.9 Å². The van der Waals surface area contributed by atoms with Crippen molar-refractivity contribution in [3.8, 4) is 0 Å². The summed E-state index contributed by atoms with van der Waals surface area (Å²) in [6.45, 7) is 11.0. The van der Waals surface area contributed by atoms with E-state index in [9.17, 15) is 4.79 Å². The number of anilines is 1. The molecule has 0 saturated carbocycles. The van der Waals surface area contributed by atoms with Crippen molar-refractivity contribution >= 4 is 11.9 Å². The van der Waals surface area contributed by atoms with Crippen molar-refractivity contribution in [1.29, 1.82) is 0 Å². The monoisotopic (exact) mass is 278 g/mol. The minimum absolute atomic E-state index is 0.136. The Morgan fingerprint density at radius 2 is 2.00 bits per heavy atom. The van der Waals surface area contributed by atoms with E-state index in [1.54, 1.807) is 6.07 Å². The number of rotatable bonds is 7. The molecule has 0 bridgehead atoms. The first-order chi connectivity index (χ1) is 9.42. The van der Waals surface area contributed by atoms with Gasteiger partial charge in [-0.3, -0.25) is 4.79 Å². The summed E-state index contributed by atoms with van der Waals surface area (Å²) in [5.74, 6) is 0.960. The molecule has 0 aliphatic carbocycles. The standard InChI is InChI=1S/C15H26N4O/c1-6-11(4)17-15-18-12(5)9-13(19-15)14(20)16-8-7-10(2)3/h9-11H,6-8H2,1-5H3,(H,16,20)(H,17,18,19). The molecular formula is C15H26N4O. The van der Waals surface area contributed by atoms with Gasteiger partial charge in [0.15, 0.2) is 0 Å². The Hall–Kier alpha value is -1.65. The van der Waals surface area contributed by atoms with E-state index in [1.807, 2.05) is 6.92 Å². The highest BCUT2D eigenvalue weighted by atomic mass is 16.1. The highest BCUT2D eigenvalue weighted by Crippen LogP contribution is 2.07. The summed E-state index contributed by atoms with van der Waals surface area (Å²) in [7, 11) is 0. The van der Waals surface area contributed by atoms with Gasteiger partial charge in [0.05, 0.1) is 0 Å². The molecule has 2 N–H and O–H groups in total. The molecule has 0 radical (unpaired) electrons. The molecule has 20 heavy (non-hydrogen) atoms. The van der Waals surface area contributed by atoms with E-state index in [1.165, 1.54) is 0 Å². The Morgan fingerprint density at radius 3 is 2.60 bits per heavy atom. The van der Waals surface area contributed by atoms with Crippen LogP contribution in [0.3, 0.4) is 0 Å². The van der Waals surface area contributed by atoms with E-state index >= 15 is 0 Å². The average Bonchev–Trinajstić information content (AvgIpc) is 2.37. The number of hydrogen-bond acceptors (Lipinski definition) is 4. The Balaban J connectivity index is 2.71. The molecule has 5 nitrogen and oxygen atoms in total. The van der Waals surface area contributed by atoms with Gasteiger partial charge in [0.2, 0.25) is 5.95 Å². The van der Waals surface area contributed by atoms with Gasteiger partial charge in [0, 0.05) is 18.3 Å². The zero-order chi connectivity index (χ0) is 15.1. The number of amides is 1. The zero-order valence-corrected chi connectivity index (χ0v) is 13.2. The molecule has 1 aromatic heterocycles. The molecule has 1 rings (SSSR count). The quantitative estimate of drug-likeness (QED) is 0.805. The molecule has 0 saturated heterocycles. The molecule has 1 atom stereocenters. The SMILES string of the molecule is CCC(C)Nc1nc(C)cc(C(=O)NCCC(C)C)n1. The molecule has 1 aromatic rings. The van der Waals surface area contributed by atoms with E-state index < -0.39 is 0 Å². The van der Waals surface area contributed by atoms with Crippen LogP contribution in [0.5, 0.6) is 0 Å². The molecule has 112 valence electrons. The van der Waals surface area contributed by atoms with Crippen molar-refractivity contribution in [3.63, 3.8) is 0 Å². The van der Waals surface area contributed by atoms with Crippen molar-refractivity contribution in [2.24, 2.45) is 5.92 Å². The predicted molar refractivity (Wildman–Crippen MR) is 81.9 cm³/mol.